The second-order valence-corrected chi connectivity index (χ2v) is 6.81. The van der Waals surface area contributed by atoms with E-state index >= 15 is 0 Å². The molecule has 1 saturated heterocycles. The fraction of sp³-hybridized carbons (Fsp3) is 0.650. The van der Waals surface area contributed by atoms with Gasteiger partial charge in [0.25, 0.3) is 0 Å². The molecule has 2 unspecified atom stereocenters. The first kappa shape index (κ1) is 24.0. The van der Waals surface area contributed by atoms with Crippen molar-refractivity contribution < 1.29 is 14.6 Å². The number of aliphatic imine (C=N–C) groups is 1. The van der Waals surface area contributed by atoms with E-state index in [2.05, 4.69) is 24.5 Å². The first-order valence-electron chi connectivity index (χ1n) is 9.64. The summed E-state index contributed by atoms with van der Waals surface area (Å²) in [6, 6.07) is 9.88. The highest BCUT2D eigenvalue weighted by atomic mass is 127. The minimum Gasteiger partial charge on any atom is -0.489 e. The summed E-state index contributed by atoms with van der Waals surface area (Å²) < 4.78 is 11.6. The standard InChI is InChI=1S/C20H33N3O3.HI/c1-3-17(26-18-8-6-5-7-9-18)14-22-19(21-4-2)23-15-20(10-12-24)11-13-25-16-20;/h5-9,17,24H,3-4,10-16H2,1-2H3,(H2,21,22,23);1H. The molecule has 3 N–H and O–H groups in total. The molecule has 2 rings (SSSR count). The molecule has 0 radical (unpaired) electrons. The molecule has 154 valence electrons. The maximum absolute atomic E-state index is 9.36. The maximum atomic E-state index is 9.36. The van der Waals surface area contributed by atoms with Crippen LogP contribution in [0.3, 0.4) is 0 Å². The lowest BCUT2D eigenvalue weighted by molar-refractivity contribution is 0.131. The average molecular weight is 491 g/mol. The van der Waals surface area contributed by atoms with Gasteiger partial charge in [0.15, 0.2) is 5.96 Å². The molecule has 1 aromatic carbocycles. The number of nitrogens with one attached hydrogen (secondary N) is 2. The van der Waals surface area contributed by atoms with Gasteiger partial charge in [-0.15, -0.1) is 24.0 Å². The van der Waals surface area contributed by atoms with Gasteiger partial charge < -0.3 is 25.2 Å². The number of para-hydroxylation sites is 1. The first-order chi connectivity index (χ1) is 12.7. The Bertz CT molecular complexity index is 537. The normalized spacial score (nSPS) is 20.6. The Morgan fingerprint density at radius 3 is 2.67 bits per heavy atom. The molecule has 0 amide bonds. The van der Waals surface area contributed by atoms with Crippen LogP contribution in [0.2, 0.25) is 0 Å². The molecule has 1 aromatic rings. The highest BCUT2D eigenvalue weighted by Gasteiger charge is 2.34. The van der Waals surface area contributed by atoms with E-state index in [9.17, 15) is 5.11 Å². The van der Waals surface area contributed by atoms with Crippen LogP contribution in [0.5, 0.6) is 5.75 Å². The summed E-state index contributed by atoms with van der Waals surface area (Å²) in [4.78, 5) is 4.75. The topological polar surface area (TPSA) is 75.1 Å². The fourth-order valence-corrected chi connectivity index (χ4v) is 3.05. The maximum Gasteiger partial charge on any atom is 0.191 e. The summed E-state index contributed by atoms with van der Waals surface area (Å²) in [5.74, 6) is 1.67. The molecular formula is C20H34IN3O3. The molecule has 2 atom stereocenters. The van der Waals surface area contributed by atoms with Gasteiger partial charge in [0.05, 0.1) is 19.7 Å². The van der Waals surface area contributed by atoms with Crippen molar-refractivity contribution >= 4 is 29.9 Å². The van der Waals surface area contributed by atoms with E-state index in [4.69, 9.17) is 14.5 Å². The minimum absolute atomic E-state index is 0. The largest absolute Gasteiger partial charge is 0.489 e. The van der Waals surface area contributed by atoms with Gasteiger partial charge in [0.1, 0.15) is 11.9 Å². The molecule has 6 nitrogen and oxygen atoms in total. The number of guanidine groups is 1. The van der Waals surface area contributed by atoms with Crippen molar-refractivity contribution in [1.82, 2.24) is 10.6 Å². The van der Waals surface area contributed by atoms with Gasteiger partial charge in [-0.05, 0) is 38.3 Å². The van der Waals surface area contributed by atoms with Crippen molar-refractivity contribution in [2.24, 2.45) is 10.4 Å². The highest BCUT2D eigenvalue weighted by molar-refractivity contribution is 14.0. The lowest BCUT2D eigenvalue weighted by Crippen LogP contribution is -2.43. The molecule has 0 bridgehead atoms. The van der Waals surface area contributed by atoms with Crippen LogP contribution in [0.4, 0.5) is 0 Å². The second-order valence-electron chi connectivity index (χ2n) is 6.81. The number of rotatable bonds is 10. The minimum atomic E-state index is -0.0399. The molecule has 7 heteroatoms. The quantitative estimate of drug-likeness (QED) is 0.267. The lowest BCUT2D eigenvalue weighted by atomic mass is 9.84. The third kappa shape index (κ3) is 8.23. The van der Waals surface area contributed by atoms with Gasteiger partial charge in [-0.2, -0.15) is 0 Å². The van der Waals surface area contributed by atoms with Crippen LogP contribution < -0.4 is 15.4 Å². The third-order valence-corrected chi connectivity index (χ3v) is 4.74. The Balaban J connectivity index is 0.00000364. The van der Waals surface area contributed by atoms with Gasteiger partial charge in [0.2, 0.25) is 0 Å². The zero-order valence-electron chi connectivity index (χ0n) is 16.4. The zero-order chi connectivity index (χ0) is 18.7. The summed E-state index contributed by atoms with van der Waals surface area (Å²) in [5, 5.41) is 16.0. The van der Waals surface area contributed by atoms with E-state index in [0.717, 1.165) is 44.1 Å². The van der Waals surface area contributed by atoms with E-state index in [1.165, 1.54) is 0 Å². The van der Waals surface area contributed by atoms with E-state index in [0.29, 0.717) is 19.7 Å². The predicted octanol–water partition coefficient (Wildman–Crippen LogP) is 2.81. The van der Waals surface area contributed by atoms with Crippen molar-refractivity contribution in [2.75, 3.05) is 39.5 Å². The number of hydrogen-bond donors (Lipinski definition) is 3. The lowest BCUT2D eigenvalue weighted by Gasteiger charge is -2.25. The van der Waals surface area contributed by atoms with E-state index in [-0.39, 0.29) is 42.1 Å². The molecule has 0 spiro atoms. The van der Waals surface area contributed by atoms with Crippen LogP contribution in [0.15, 0.2) is 35.3 Å². The van der Waals surface area contributed by atoms with E-state index in [1.54, 1.807) is 0 Å². The van der Waals surface area contributed by atoms with Gasteiger partial charge in [0, 0.05) is 25.2 Å². The molecule has 1 heterocycles. The number of halogens is 1. The van der Waals surface area contributed by atoms with Gasteiger partial charge in [-0.1, -0.05) is 25.1 Å². The van der Waals surface area contributed by atoms with Gasteiger partial charge >= 0.3 is 0 Å². The van der Waals surface area contributed by atoms with Crippen molar-refractivity contribution in [3.63, 3.8) is 0 Å². The van der Waals surface area contributed by atoms with Crippen molar-refractivity contribution in [1.29, 1.82) is 0 Å². The van der Waals surface area contributed by atoms with Crippen LogP contribution >= 0.6 is 24.0 Å². The predicted molar refractivity (Wildman–Crippen MR) is 120 cm³/mol. The Labute approximate surface area is 180 Å². The number of aliphatic hydroxyl groups excluding tert-OH is 1. The molecule has 1 aliphatic rings. The van der Waals surface area contributed by atoms with Crippen molar-refractivity contribution in [3.8, 4) is 5.75 Å². The average Bonchev–Trinajstić information content (AvgIpc) is 3.13. The molecule has 0 aliphatic carbocycles. The summed E-state index contributed by atoms with van der Waals surface area (Å²) in [6.07, 6.45) is 2.65. The SMILES string of the molecule is CCNC(=NCC1(CCO)CCOC1)NCC(CC)Oc1ccccc1.I. The van der Waals surface area contributed by atoms with Gasteiger partial charge in [-0.3, -0.25) is 4.99 Å². The molecule has 0 aromatic heterocycles. The molecular weight excluding hydrogens is 457 g/mol. The summed E-state index contributed by atoms with van der Waals surface area (Å²) >= 11 is 0. The smallest absolute Gasteiger partial charge is 0.191 e. The number of hydrogen-bond acceptors (Lipinski definition) is 4. The Morgan fingerprint density at radius 2 is 2.07 bits per heavy atom. The van der Waals surface area contributed by atoms with Crippen LogP contribution in [0, 0.1) is 5.41 Å². The Morgan fingerprint density at radius 1 is 1.30 bits per heavy atom. The van der Waals surface area contributed by atoms with Crippen LogP contribution in [-0.4, -0.2) is 56.6 Å². The van der Waals surface area contributed by atoms with Crippen molar-refractivity contribution in [3.05, 3.63) is 30.3 Å². The van der Waals surface area contributed by atoms with Crippen LogP contribution in [-0.2, 0) is 4.74 Å². The van der Waals surface area contributed by atoms with E-state index in [1.807, 2.05) is 30.3 Å². The highest BCUT2D eigenvalue weighted by Crippen LogP contribution is 2.32. The number of nitrogens with zero attached hydrogens (tertiary/aromatic N) is 1. The molecule has 0 saturated carbocycles. The fourth-order valence-electron chi connectivity index (χ4n) is 3.05. The zero-order valence-corrected chi connectivity index (χ0v) is 18.8. The Kier molecular flexibility index (Phi) is 11.7. The third-order valence-electron chi connectivity index (χ3n) is 4.74. The van der Waals surface area contributed by atoms with Crippen LogP contribution in [0.1, 0.15) is 33.1 Å². The molecule has 1 aliphatic heterocycles. The van der Waals surface area contributed by atoms with Crippen LogP contribution in [0.25, 0.3) is 0 Å². The molecule has 27 heavy (non-hydrogen) atoms. The molecule has 1 fully saturated rings. The monoisotopic (exact) mass is 491 g/mol. The van der Waals surface area contributed by atoms with Gasteiger partial charge in [-0.25, -0.2) is 0 Å². The number of aliphatic hydroxyl groups is 1. The summed E-state index contributed by atoms with van der Waals surface area (Å²) in [5.41, 5.74) is -0.0399. The number of benzene rings is 1. The summed E-state index contributed by atoms with van der Waals surface area (Å²) in [7, 11) is 0. The first-order valence-corrected chi connectivity index (χ1v) is 9.64. The summed E-state index contributed by atoms with van der Waals surface area (Å²) in [6.45, 7) is 7.90. The van der Waals surface area contributed by atoms with Crippen molar-refractivity contribution in [2.45, 2.75) is 39.2 Å². The second kappa shape index (κ2) is 13.2. The number of ether oxygens (including phenoxy) is 2. The van der Waals surface area contributed by atoms with E-state index < -0.39 is 0 Å². The Hall–Kier alpha value is -1.06.